The van der Waals surface area contributed by atoms with Crippen molar-refractivity contribution in [2.45, 2.75) is 51.2 Å². The second-order valence-electron chi connectivity index (χ2n) is 5.02. The smallest absolute Gasteiger partial charge is 0.353 e. The van der Waals surface area contributed by atoms with Crippen LogP contribution < -0.4 is 10.6 Å². The molecule has 2 N–H and O–H groups in total. The summed E-state index contributed by atoms with van der Waals surface area (Å²) in [6, 6.07) is -0.842. The molecule has 1 amide bonds. The summed E-state index contributed by atoms with van der Waals surface area (Å²) in [6.07, 6.45) is -2.00. The number of hydrogen-bond donors (Lipinski definition) is 2. The van der Waals surface area contributed by atoms with E-state index in [1.807, 2.05) is 0 Å². The van der Waals surface area contributed by atoms with Gasteiger partial charge in [0.1, 0.15) is 0 Å². The highest BCUT2D eigenvalue weighted by atomic mass is 19.4. The van der Waals surface area contributed by atoms with Crippen LogP contribution in [0.5, 0.6) is 0 Å². The fraction of sp³-hybridized carbons (Fsp3) is 0.917. The van der Waals surface area contributed by atoms with Gasteiger partial charge >= 0.3 is 6.18 Å². The minimum absolute atomic E-state index is 0.273. The third-order valence-corrected chi connectivity index (χ3v) is 3.18. The lowest BCUT2D eigenvalue weighted by atomic mass is 9.93. The van der Waals surface area contributed by atoms with Crippen molar-refractivity contribution in [3.8, 4) is 0 Å². The molecule has 0 bridgehead atoms. The summed E-state index contributed by atoms with van der Waals surface area (Å²) in [6.45, 7) is 3.32. The van der Waals surface area contributed by atoms with E-state index in [0.717, 1.165) is 32.4 Å². The van der Waals surface area contributed by atoms with E-state index in [0.29, 0.717) is 12.3 Å². The van der Waals surface area contributed by atoms with Crippen LogP contribution in [0.2, 0.25) is 0 Å². The summed E-state index contributed by atoms with van der Waals surface area (Å²) < 4.78 is 36.2. The van der Waals surface area contributed by atoms with Crippen LogP contribution in [0.25, 0.3) is 0 Å². The molecule has 1 unspecified atom stereocenters. The number of amides is 1. The first-order valence-corrected chi connectivity index (χ1v) is 6.43. The third-order valence-electron chi connectivity index (χ3n) is 3.18. The molecule has 0 aromatic carbocycles. The summed E-state index contributed by atoms with van der Waals surface area (Å²) in [5.41, 5.74) is 0. The number of halogens is 3. The molecule has 0 saturated carbocycles. The van der Waals surface area contributed by atoms with Crippen LogP contribution in [0.4, 0.5) is 13.2 Å². The van der Waals surface area contributed by atoms with Crippen molar-refractivity contribution in [3.63, 3.8) is 0 Å². The van der Waals surface area contributed by atoms with Gasteiger partial charge in [0.2, 0.25) is 5.91 Å². The van der Waals surface area contributed by atoms with Crippen LogP contribution in [0.3, 0.4) is 0 Å². The Morgan fingerprint density at radius 2 is 2.00 bits per heavy atom. The summed E-state index contributed by atoms with van der Waals surface area (Å²) in [4.78, 5) is 11.5. The van der Waals surface area contributed by atoms with E-state index in [1.165, 1.54) is 6.92 Å². The lowest BCUT2D eigenvalue weighted by molar-refractivity contribution is -0.141. The Hall–Kier alpha value is -0.780. The maximum absolute atomic E-state index is 12.1. The van der Waals surface area contributed by atoms with Gasteiger partial charge in [0.25, 0.3) is 0 Å². The number of alkyl halides is 3. The van der Waals surface area contributed by atoms with E-state index in [2.05, 4.69) is 10.6 Å². The molecule has 1 fully saturated rings. The van der Waals surface area contributed by atoms with Crippen molar-refractivity contribution in [2.75, 3.05) is 13.1 Å². The average molecular weight is 266 g/mol. The monoisotopic (exact) mass is 266 g/mol. The van der Waals surface area contributed by atoms with Crippen LogP contribution >= 0.6 is 0 Å². The third kappa shape index (κ3) is 6.83. The Morgan fingerprint density at radius 3 is 2.56 bits per heavy atom. The quantitative estimate of drug-likeness (QED) is 0.801. The lowest BCUT2D eigenvalue weighted by Crippen LogP contribution is -2.36. The zero-order chi connectivity index (χ0) is 13.6. The normalized spacial score (nSPS) is 19.6. The Labute approximate surface area is 106 Å². The van der Waals surface area contributed by atoms with Gasteiger partial charge < -0.3 is 10.6 Å². The molecule has 0 aromatic heterocycles. The number of carbonyl (C=O) groups is 1. The van der Waals surface area contributed by atoms with Crippen molar-refractivity contribution in [3.05, 3.63) is 0 Å². The summed E-state index contributed by atoms with van der Waals surface area (Å²) in [5, 5.41) is 5.64. The van der Waals surface area contributed by atoms with Gasteiger partial charge in [-0.05, 0) is 45.2 Å². The van der Waals surface area contributed by atoms with E-state index in [9.17, 15) is 18.0 Å². The molecule has 1 rings (SSSR count). The van der Waals surface area contributed by atoms with Crippen molar-refractivity contribution in [1.29, 1.82) is 0 Å². The van der Waals surface area contributed by atoms with Gasteiger partial charge in [-0.1, -0.05) is 0 Å². The fourth-order valence-electron chi connectivity index (χ4n) is 2.25. The van der Waals surface area contributed by atoms with Crippen molar-refractivity contribution in [2.24, 2.45) is 5.92 Å². The first kappa shape index (κ1) is 15.3. The molecular formula is C12H21F3N2O. The SMILES string of the molecule is CC(CC(F)(F)F)NC(=O)CCC1CCNCC1. The molecule has 18 heavy (non-hydrogen) atoms. The Bertz CT molecular complexity index is 263. The van der Waals surface area contributed by atoms with E-state index in [1.54, 1.807) is 0 Å². The topological polar surface area (TPSA) is 41.1 Å². The predicted octanol–water partition coefficient (Wildman–Crippen LogP) is 2.22. The molecule has 3 nitrogen and oxygen atoms in total. The first-order valence-electron chi connectivity index (χ1n) is 6.43. The number of nitrogens with one attached hydrogen (secondary N) is 2. The van der Waals surface area contributed by atoms with Crippen LogP contribution in [-0.4, -0.2) is 31.2 Å². The molecule has 1 saturated heterocycles. The van der Waals surface area contributed by atoms with Crippen LogP contribution in [-0.2, 0) is 4.79 Å². The number of hydrogen-bond acceptors (Lipinski definition) is 2. The molecule has 0 radical (unpaired) electrons. The van der Waals surface area contributed by atoms with Gasteiger partial charge in [0.05, 0.1) is 6.42 Å². The Kier molecular flexibility index (Phi) is 5.91. The second kappa shape index (κ2) is 6.97. The van der Waals surface area contributed by atoms with Gasteiger partial charge in [0.15, 0.2) is 0 Å². The summed E-state index contributed by atoms with van der Waals surface area (Å²) in [7, 11) is 0. The minimum Gasteiger partial charge on any atom is -0.353 e. The predicted molar refractivity (Wildman–Crippen MR) is 63.1 cm³/mol. The van der Waals surface area contributed by atoms with Gasteiger partial charge in [0, 0.05) is 12.5 Å². The maximum Gasteiger partial charge on any atom is 0.391 e. The highest BCUT2D eigenvalue weighted by molar-refractivity contribution is 5.76. The number of piperidine rings is 1. The fourth-order valence-corrected chi connectivity index (χ4v) is 2.25. The van der Waals surface area contributed by atoms with E-state index >= 15 is 0 Å². The highest BCUT2D eigenvalue weighted by Crippen LogP contribution is 2.21. The first-order chi connectivity index (χ1) is 8.37. The van der Waals surface area contributed by atoms with E-state index in [-0.39, 0.29) is 5.91 Å². The zero-order valence-corrected chi connectivity index (χ0v) is 10.6. The highest BCUT2D eigenvalue weighted by Gasteiger charge is 2.30. The van der Waals surface area contributed by atoms with Crippen molar-refractivity contribution in [1.82, 2.24) is 10.6 Å². The lowest BCUT2D eigenvalue weighted by Gasteiger charge is -2.22. The Balaban J connectivity index is 2.16. The molecule has 106 valence electrons. The van der Waals surface area contributed by atoms with Crippen molar-refractivity contribution < 1.29 is 18.0 Å². The van der Waals surface area contributed by atoms with Crippen LogP contribution in [0, 0.1) is 5.92 Å². The molecule has 1 heterocycles. The largest absolute Gasteiger partial charge is 0.391 e. The van der Waals surface area contributed by atoms with Crippen LogP contribution in [0.15, 0.2) is 0 Å². The summed E-state index contributed by atoms with van der Waals surface area (Å²) >= 11 is 0. The molecule has 0 aromatic rings. The molecule has 1 aliphatic rings. The van der Waals surface area contributed by atoms with Gasteiger partial charge in [-0.15, -0.1) is 0 Å². The molecule has 1 aliphatic heterocycles. The van der Waals surface area contributed by atoms with Gasteiger partial charge in [-0.3, -0.25) is 4.79 Å². The number of rotatable bonds is 5. The maximum atomic E-state index is 12.1. The molecule has 1 atom stereocenters. The summed E-state index contributed by atoms with van der Waals surface area (Å²) in [5.74, 6) is 0.250. The number of carbonyl (C=O) groups excluding carboxylic acids is 1. The molecule has 0 spiro atoms. The molecular weight excluding hydrogens is 245 g/mol. The van der Waals surface area contributed by atoms with E-state index < -0.39 is 18.6 Å². The second-order valence-corrected chi connectivity index (χ2v) is 5.02. The standard InChI is InChI=1S/C12H21F3N2O/c1-9(8-12(13,14)15)17-11(18)3-2-10-4-6-16-7-5-10/h9-10,16H,2-8H2,1H3,(H,17,18). The zero-order valence-electron chi connectivity index (χ0n) is 10.6. The average Bonchev–Trinajstić information content (AvgIpc) is 2.25. The van der Waals surface area contributed by atoms with Crippen LogP contribution in [0.1, 0.15) is 39.0 Å². The Morgan fingerprint density at radius 1 is 1.39 bits per heavy atom. The minimum atomic E-state index is -4.22. The van der Waals surface area contributed by atoms with Gasteiger partial charge in [-0.25, -0.2) is 0 Å². The molecule has 0 aliphatic carbocycles. The molecule has 6 heteroatoms. The van der Waals surface area contributed by atoms with Gasteiger partial charge in [-0.2, -0.15) is 13.2 Å². The van der Waals surface area contributed by atoms with Crippen molar-refractivity contribution >= 4 is 5.91 Å². The van der Waals surface area contributed by atoms with E-state index in [4.69, 9.17) is 0 Å².